The number of aromatic nitrogens is 4. The van der Waals surface area contributed by atoms with Crippen LogP contribution in [0.25, 0.3) is 11.0 Å². The van der Waals surface area contributed by atoms with Crippen molar-refractivity contribution in [3.8, 4) is 0 Å². The smallest absolute Gasteiger partial charge is 0.160 e. The average molecular weight is 247 g/mol. The van der Waals surface area contributed by atoms with E-state index in [2.05, 4.69) is 25.1 Å². The Balaban J connectivity index is 1.87. The van der Waals surface area contributed by atoms with E-state index in [1.807, 2.05) is 6.92 Å². The summed E-state index contributed by atoms with van der Waals surface area (Å²) in [5, 5.41) is 7.88. The van der Waals surface area contributed by atoms with Crippen LogP contribution in [0.2, 0.25) is 0 Å². The minimum atomic E-state index is 0.306. The number of anilines is 1. The summed E-state index contributed by atoms with van der Waals surface area (Å²) in [6.07, 6.45) is 5.94. The van der Waals surface area contributed by atoms with E-state index in [1.54, 1.807) is 12.5 Å². The van der Waals surface area contributed by atoms with E-state index >= 15 is 0 Å². The van der Waals surface area contributed by atoms with Gasteiger partial charge in [-0.15, -0.1) is 0 Å². The molecule has 1 unspecified atom stereocenters. The number of ether oxygens (including phenoxy) is 1. The number of nitrogens with zero attached hydrogens (tertiary/aromatic N) is 4. The molecule has 1 saturated heterocycles. The van der Waals surface area contributed by atoms with E-state index < -0.39 is 0 Å². The molecule has 6 nitrogen and oxygen atoms in total. The molecule has 0 spiro atoms. The van der Waals surface area contributed by atoms with Crippen molar-refractivity contribution in [1.29, 1.82) is 0 Å². The second kappa shape index (κ2) is 4.89. The fourth-order valence-electron chi connectivity index (χ4n) is 2.51. The predicted molar refractivity (Wildman–Crippen MR) is 68.5 cm³/mol. The molecule has 18 heavy (non-hydrogen) atoms. The Morgan fingerprint density at radius 2 is 2.44 bits per heavy atom. The van der Waals surface area contributed by atoms with Gasteiger partial charge in [0.2, 0.25) is 0 Å². The Hall–Kier alpha value is -1.69. The number of hydrogen-bond donors (Lipinski definition) is 1. The molecule has 2 aromatic heterocycles. The lowest BCUT2D eigenvalue weighted by Crippen LogP contribution is -2.40. The second-order valence-electron chi connectivity index (χ2n) is 4.50. The van der Waals surface area contributed by atoms with Crippen LogP contribution in [0.3, 0.4) is 0 Å². The van der Waals surface area contributed by atoms with Gasteiger partial charge in [0.25, 0.3) is 0 Å². The summed E-state index contributed by atoms with van der Waals surface area (Å²) < 4.78 is 5.72. The summed E-state index contributed by atoms with van der Waals surface area (Å²) in [5.74, 6) is 0.957. The first-order valence-corrected chi connectivity index (χ1v) is 6.39. The maximum atomic E-state index is 5.72. The van der Waals surface area contributed by atoms with Gasteiger partial charge in [0.1, 0.15) is 12.1 Å². The maximum Gasteiger partial charge on any atom is 0.160 e. The van der Waals surface area contributed by atoms with Crippen LogP contribution in [0.5, 0.6) is 0 Å². The zero-order valence-electron chi connectivity index (χ0n) is 10.5. The molecule has 0 aliphatic carbocycles. The van der Waals surface area contributed by atoms with Crippen LogP contribution in [-0.4, -0.2) is 46.0 Å². The molecule has 1 aliphatic heterocycles. The van der Waals surface area contributed by atoms with Crippen LogP contribution in [0.15, 0.2) is 12.5 Å². The van der Waals surface area contributed by atoms with E-state index in [9.17, 15) is 0 Å². The van der Waals surface area contributed by atoms with Gasteiger partial charge in [0, 0.05) is 19.7 Å². The van der Waals surface area contributed by atoms with Crippen molar-refractivity contribution < 1.29 is 4.74 Å². The number of aromatic amines is 1. The van der Waals surface area contributed by atoms with Crippen LogP contribution in [0.4, 0.5) is 5.82 Å². The van der Waals surface area contributed by atoms with E-state index in [-0.39, 0.29) is 0 Å². The lowest BCUT2D eigenvalue weighted by atomic mass is 10.1. The Bertz CT molecular complexity index is 524. The fraction of sp³-hybridized carbons (Fsp3) is 0.583. The zero-order chi connectivity index (χ0) is 12.4. The molecule has 0 radical (unpaired) electrons. The molecule has 3 rings (SSSR count). The topological polar surface area (TPSA) is 66.9 Å². The van der Waals surface area contributed by atoms with Gasteiger partial charge in [-0.3, -0.25) is 5.10 Å². The van der Waals surface area contributed by atoms with E-state index in [1.165, 1.54) is 0 Å². The summed E-state index contributed by atoms with van der Waals surface area (Å²) in [7, 11) is 0. The number of nitrogens with one attached hydrogen (secondary N) is 1. The highest BCUT2D eigenvalue weighted by Gasteiger charge is 2.22. The normalized spacial score (nSPS) is 20.5. The summed E-state index contributed by atoms with van der Waals surface area (Å²) in [5.41, 5.74) is 0.790. The SMILES string of the molecule is CCOC1CCCN(c2ncnc3[nH]ncc23)C1. The molecular weight excluding hydrogens is 230 g/mol. The fourth-order valence-corrected chi connectivity index (χ4v) is 2.51. The third kappa shape index (κ3) is 2.03. The van der Waals surface area contributed by atoms with Crippen LogP contribution in [0.1, 0.15) is 19.8 Å². The maximum absolute atomic E-state index is 5.72. The molecule has 96 valence electrons. The number of fused-ring (bicyclic) bond motifs is 1. The molecule has 6 heteroatoms. The van der Waals surface area contributed by atoms with Gasteiger partial charge in [-0.25, -0.2) is 9.97 Å². The van der Waals surface area contributed by atoms with Crippen molar-refractivity contribution in [2.75, 3.05) is 24.6 Å². The van der Waals surface area contributed by atoms with Gasteiger partial charge in [0.05, 0.1) is 17.7 Å². The molecule has 1 N–H and O–H groups in total. The lowest BCUT2D eigenvalue weighted by Gasteiger charge is -2.33. The second-order valence-corrected chi connectivity index (χ2v) is 4.50. The van der Waals surface area contributed by atoms with Crippen molar-refractivity contribution in [3.05, 3.63) is 12.5 Å². The van der Waals surface area contributed by atoms with Gasteiger partial charge in [-0.1, -0.05) is 0 Å². The minimum absolute atomic E-state index is 0.306. The van der Waals surface area contributed by atoms with Crippen molar-refractivity contribution in [1.82, 2.24) is 20.2 Å². The summed E-state index contributed by atoms with van der Waals surface area (Å²) >= 11 is 0. The van der Waals surface area contributed by atoms with Crippen molar-refractivity contribution >= 4 is 16.9 Å². The van der Waals surface area contributed by atoms with E-state index in [0.717, 1.165) is 49.4 Å². The molecule has 0 bridgehead atoms. The number of piperidine rings is 1. The van der Waals surface area contributed by atoms with Gasteiger partial charge in [0.15, 0.2) is 5.65 Å². The third-order valence-electron chi connectivity index (χ3n) is 3.31. The molecule has 0 aromatic carbocycles. The molecular formula is C12H17N5O. The minimum Gasteiger partial charge on any atom is -0.377 e. The molecule has 0 saturated carbocycles. The van der Waals surface area contributed by atoms with Crippen LogP contribution < -0.4 is 4.90 Å². The molecule has 3 heterocycles. The molecule has 2 aromatic rings. The Morgan fingerprint density at radius 1 is 1.50 bits per heavy atom. The molecule has 1 aliphatic rings. The Labute approximate surface area is 105 Å². The highest BCUT2D eigenvalue weighted by Crippen LogP contribution is 2.24. The van der Waals surface area contributed by atoms with Crippen LogP contribution in [-0.2, 0) is 4.74 Å². The first-order chi connectivity index (χ1) is 8.88. The summed E-state index contributed by atoms with van der Waals surface area (Å²) in [6.45, 7) is 4.72. The Morgan fingerprint density at radius 3 is 3.33 bits per heavy atom. The largest absolute Gasteiger partial charge is 0.377 e. The van der Waals surface area contributed by atoms with Gasteiger partial charge in [-0.2, -0.15) is 5.10 Å². The molecule has 0 amide bonds. The van der Waals surface area contributed by atoms with E-state index in [4.69, 9.17) is 4.74 Å². The highest BCUT2D eigenvalue weighted by molar-refractivity contribution is 5.86. The quantitative estimate of drug-likeness (QED) is 0.887. The van der Waals surface area contributed by atoms with Crippen LogP contribution >= 0.6 is 0 Å². The van der Waals surface area contributed by atoms with Gasteiger partial charge >= 0.3 is 0 Å². The third-order valence-corrected chi connectivity index (χ3v) is 3.31. The van der Waals surface area contributed by atoms with Crippen molar-refractivity contribution in [2.24, 2.45) is 0 Å². The van der Waals surface area contributed by atoms with Crippen LogP contribution in [0, 0.1) is 0 Å². The first-order valence-electron chi connectivity index (χ1n) is 6.39. The Kier molecular flexibility index (Phi) is 3.10. The number of rotatable bonds is 3. The summed E-state index contributed by atoms with van der Waals surface area (Å²) in [6, 6.07) is 0. The zero-order valence-corrected chi connectivity index (χ0v) is 10.5. The lowest BCUT2D eigenvalue weighted by molar-refractivity contribution is 0.0526. The number of hydrogen-bond acceptors (Lipinski definition) is 5. The molecule has 1 fully saturated rings. The monoisotopic (exact) mass is 247 g/mol. The van der Waals surface area contributed by atoms with Crippen molar-refractivity contribution in [2.45, 2.75) is 25.9 Å². The van der Waals surface area contributed by atoms with Gasteiger partial charge < -0.3 is 9.64 Å². The highest BCUT2D eigenvalue weighted by atomic mass is 16.5. The van der Waals surface area contributed by atoms with Crippen molar-refractivity contribution in [3.63, 3.8) is 0 Å². The number of H-pyrrole nitrogens is 1. The standard InChI is InChI=1S/C12H17N5O/c1-2-18-9-4-3-5-17(7-9)12-10-6-15-16-11(10)13-8-14-12/h6,8-9H,2-5,7H2,1H3,(H,13,14,15,16). The predicted octanol–water partition coefficient (Wildman–Crippen LogP) is 1.36. The summed E-state index contributed by atoms with van der Waals surface area (Å²) in [4.78, 5) is 10.8. The van der Waals surface area contributed by atoms with E-state index in [0.29, 0.717) is 6.10 Å². The average Bonchev–Trinajstić information content (AvgIpc) is 2.87. The molecule has 1 atom stereocenters. The van der Waals surface area contributed by atoms with Gasteiger partial charge in [-0.05, 0) is 19.8 Å². The first kappa shape index (κ1) is 11.4.